The van der Waals surface area contributed by atoms with Crippen LogP contribution in [0.15, 0.2) is 77.3 Å². The minimum Gasteiger partial charge on any atom is -0.355 e. The van der Waals surface area contributed by atoms with Crippen molar-refractivity contribution in [1.29, 1.82) is 0 Å². The summed E-state index contributed by atoms with van der Waals surface area (Å²) in [6, 6.07) is 16.5. The summed E-state index contributed by atoms with van der Waals surface area (Å²) < 4.78 is 13.8. The number of hydrogen-bond acceptors (Lipinski definition) is 6. The van der Waals surface area contributed by atoms with Crippen molar-refractivity contribution in [3.8, 4) is 0 Å². The van der Waals surface area contributed by atoms with Gasteiger partial charge in [0.05, 0.1) is 21.2 Å². The maximum Gasteiger partial charge on any atom is 0.269 e. The highest BCUT2D eigenvalue weighted by molar-refractivity contribution is 5.97. The average molecular weight is 432 g/mol. The van der Waals surface area contributed by atoms with Gasteiger partial charge < -0.3 is 5.32 Å². The van der Waals surface area contributed by atoms with Gasteiger partial charge in [-0.05, 0) is 66.4 Å². The minimum atomic E-state index is -0.473. The number of allylic oxidation sites excluding steroid dienone is 1. The second-order valence-corrected chi connectivity index (χ2v) is 7.16. The van der Waals surface area contributed by atoms with Gasteiger partial charge in [-0.15, -0.1) is 0 Å². The van der Waals surface area contributed by atoms with E-state index in [-0.39, 0.29) is 17.2 Å². The van der Waals surface area contributed by atoms with Gasteiger partial charge in [0, 0.05) is 41.7 Å². The summed E-state index contributed by atoms with van der Waals surface area (Å²) in [5.74, 6) is -0.318. The van der Waals surface area contributed by atoms with Gasteiger partial charge in [-0.1, -0.05) is 0 Å². The van der Waals surface area contributed by atoms with E-state index in [1.165, 1.54) is 36.4 Å². The first-order chi connectivity index (χ1) is 15.4. The van der Waals surface area contributed by atoms with Crippen LogP contribution in [0.2, 0.25) is 0 Å². The number of nitrogens with one attached hydrogen (secondary N) is 1. The number of hydrogen-bond donors (Lipinski definition) is 1. The van der Waals surface area contributed by atoms with Gasteiger partial charge >= 0.3 is 0 Å². The number of rotatable bonds is 6. The normalized spacial score (nSPS) is 13.2. The summed E-state index contributed by atoms with van der Waals surface area (Å²) in [6.07, 6.45) is 2.91. The molecule has 32 heavy (non-hydrogen) atoms. The van der Waals surface area contributed by atoms with Crippen LogP contribution in [-0.4, -0.2) is 16.1 Å². The standard InChI is InChI=1S/C23H17FN4O4/c24-17-3-12-22-15(13-17)1-2-16(14-25-18-4-8-20(9-5-18)27(29)30)23(22)26-19-6-10-21(11-7-19)28(31)32/h3-14,26H,1-2H2. The SMILES string of the molecule is O=[N+]([O-])c1ccc(N=CC2=C(Nc3ccc([N+](=O)[O-])cc3)c3ccc(F)cc3CC2)cc1. The Hall–Kier alpha value is -4.40. The molecule has 1 aliphatic rings. The largest absolute Gasteiger partial charge is 0.355 e. The first kappa shape index (κ1) is 20.9. The molecule has 3 aromatic carbocycles. The summed E-state index contributed by atoms with van der Waals surface area (Å²) in [7, 11) is 0. The molecule has 3 aromatic rings. The highest BCUT2D eigenvalue weighted by atomic mass is 19.1. The molecule has 4 rings (SSSR count). The van der Waals surface area contributed by atoms with Gasteiger partial charge in [-0.25, -0.2) is 4.39 Å². The summed E-state index contributed by atoms with van der Waals surface area (Å²) >= 11 is 0. The average Bonchev–Trinajstić information content (AvgIpc) is 2.79. The van der Waals surface area contributed by atoms with E-state index in [1.54, 1.807) is 36.5 Å². The van der Waals surface area contributed by atoms with Gasteiger partial charge in [0.25, 0.3) is 11.4 Å². The molecule has 0 atom stereocenters. The number of benzene rings is 3. The quantitative estimate of drug-likeness (QED) is 0.300. The number of aliphatic imine (C=N–C) groups is 1. The van der Waals surface area contributed by atoms with Crippen LogP contribution in [0, 0.1) is 26.0 Å². The second kappa shape index (κ2) is 8.76. The summed E-state index contributed by atoms with van der Waals surface area (Å²) in [5, 5.41) is 25.0. The van der Waals surface area contributed by atoms with Gasteiger partial charge in [0.15, 0.2) is 0 Å². The monoisotopic (exact) mass is 432 g/mol. The van der Waals surface area contributed by atoms with E-state index in [2.05, 4.69) is 10.3 Å². The summed E-state index contributed by atoms with van der Waals surface area (Å²) in [5.41, 5.74) is 4.43. The van der Waals surface area contributed by atoms with Gasteiger partial charge in [-0.2, -0.15) is 0 Å². The maximum atomic E-state index is 13.8. The van der Waals surface area contributed by atoms with Crippen LogP contribution in [0.5, 0.6) is 0 Å². The van der Waals surface area contributed by atoms with Crippen LogP contribution in [0.4, 0.5) is 27.1 Å². The zero-order chi connectivity index (χ0) is 22.7. The lowest BCUT2D eigenvalue weighted by molar-refractivity contribution is -0.385. The van der Waals surface area contributed by atoms with Crippen molar-refractivity contribution >= 4 is 34.7 Å². The van der Waals surface area contributed by atoms with E-state index >= 15 is 0 Å². The lowest BCUT2D eigenvalue weighted by Gasteiger charge is -2.23. The number of fused-ring (bicyclic) bond motifs is 1. The molecule has 0 bridgehead atoms. The predicted molar refractivity (Wildman–Crippen MR) is 120 cm³/mol. The molecule has 0 amide bonds. The van der Waals surface area contributed by atoms with E-state index < -0.39 is 9.85 Å². The number of aryl methyl sites for hydroxylation is 1. The van der Waals surface area contributed by atoms with E-state index in [1.807, 2.05) is 0 Å². The molecule has 8 nitrogen and oxygen atoms in total. The Labute approximate surface area is 182 Å². The Morgan fingerprint density at radius 1 is 0.875 bits per heavy atom. The molecule has 0 saturated heterocycles. The predicted octanol–water partition coefficient (Wildman–Crippen LogP) is 5.81. The van der Waals surface area contributed by atoms with Crippen LogP contribution in [0.1, 0.15) is 17.5 Å². The molecule has 0 spiro atoms. The maximum absolute atomic E-state index is 13.8. The Morgan fingerprint density at radius 3 is 2.12 bits per heavy atom. The van der Waals surface area contributed by atoms with Crippen molar-refractivity contribution in [3.63, 3.8) is 0 Å². The lowest BCUT2D eigenvalue weighted by atomic mass is 9.89. The zero-order valence-corrected chi connectivity index (χ0v) is 16.7. The van der Waals surface area contributed by atoms with E-state index in [0.717, 1.165) is 22.4 Å². The van der Waals surface area contributed by atoms with Crippen molar-refractivity contribution in [2.75, 3.05) is 5.32 Å². The number of halogens is 1. The summed E-state index contributed by atoms with van der Waals surface area (Å²) in [6.45, 7) is 0. The van der Waals surface area contributed by atoms with Gasteiger partial charge in [0.2, 0.25) is 0 Å². The Morgan fingerprint density at radius 2 is 1.50 bits per heavy atom. The van der Waals surface area contributed by atoms with Gasteiger partial charge in [0.1, 0.15) is 5.82 Å². The Kier molecular flexibility index (Phi) is 5.71. The fourth-order valence-corrected chi connectivity index (χ4v) is 3.48. The second-order valence-electron chi connectivity index (χ2n) is 7.16. The van der Waals surface area contributed by atoms with E-state index in [4.69, 9.17) is 0 Å². The topological polar surface area (TPSA) is 111 Å². The van der Waals surface area contributed by atoms with Crippen LogP contribution in [-0.2, 0) is 6.42 Å². The fourth-order valence-electron chi connectivity index (χ4n) is 3.48. The number of nitro benzene ring substituents is 2. The smallest absolute Gasteiger partial charge is 0.269 e. The molecule has 0 heterocycles. The van der Waals surface area contributed by atoms with Crippen molar-refractivity contribution < 1.29 is 14.2 Å². The highest BCUT2D eigenvalue weighted by Crippen LogP contribution is 2.33. The molecule has 0 unspecified atom stereocenters. The number of non-ortho nitro benzene ring substituents is 2. The third-order valence-corrected chi connectivity index (χ3v) is 5.10. The molecule has 0 fully saturated rings. The summed E-state index contributed by atoms with van der Waals surface area (Å²) in [4.78, 5) is 25.2. The molecule has 0 saturated carbocycles. The van der Waals surface area contributed by atoms with Gasteiger partial charge in [-0.3, -0.25) is 25.2 Å². The minimum absolute atomic E-state index is 0.0164. The molecular weight excluding hydrogens is 415 g/mol. The van der Waals surface area contributed by atoms with Crippen LogP contribution < -0.4 is 5.32 Å². The molecule has 0 aliphatic heterocycles. The number of anilines is 1. The van der Waals surface area contributed by atoms with Crippen molar-refractivity contribution in [3.05, 3.63) is 109 Å². The lowest BCUT2D eigenvalue weighted by Crippen LogP contribution is -2.12. The van der Waals surface area contributed by atoms with Crippen molar-refractivity contribution in [1.82, 2.24) is 0 Å². The number of nitro groups is 2. The zero-order valence-electron chi connectivity index (χ0n) is 16.7. The molecule has 1 aliphatic carbocycles. The van der Waals surface area contributed by atoms with E-state index in [0.29, 0.717) is 24.2 Å². The molecule has 1 N–H and O–H groups in total. The fraction of sp³-hybridized carbons (Fsp3) is 0.0870. The molecule has 0 radical (unpaired) electrons. The highest BCUT2D eigenvalue weighted by Gasteiger charge is 2.19. The third kappa shape index (κ3) is 4.51. The Balaban J connectivity index is 1.70. The first-order valence-corrected chi connectivity index (χ1v) is 9.72. The van der Waals surface area contributed by atoms with Crippen LogP contribution >= 0.6 is 0 Å². The van der Waals surface area contributed by atoms with Crippen LogP contribution in [0.3, 0.4) is 0 Å². The first-order valence-electron chi connectivity index (χ1n) is 9.72. The molecule has 160 valence electrons. The number of nitrogens with zero attached hydrogens (tertiary/aromatic N) is 3. The molecular formula is C23H17FN4O4. The molecule has 0 aromatic heterocycles. The van der Waals surface area contributed by atoms with Crippen molar-refractivity contribution in [2.24, 2.45) is 4.99 Å². The van der Waals surface area contributed by atoms with Crippen LogP contribution in [0.25, 0.3) is 5.70 Å². The molecule has 9 heteroatoms. The third-order valence-electron chi connectivity index (χ3n) is 5.10. The van der Waals surface area contributed by atoms with Crippen molar-refractivity contribution in [2.45, 2.75) is 12.8 Å². The van der Waals surface area contributed by atoms with E-state index in [9.17, 15) is 24.6 Å². The Bertz CT molecular complexity index is 1250.